The van der Waals surface area contributed by atoms with Crippen LogP contribution in [-0.4, -0.2) is 6.29 Å². The third kappa shape index (κ3) is 2.86. The topological polar surface area (TPSA) is 17.1 Å². The fourth-order valence-electron chi connectivity index (χ4n) is 1.12. The van der Waals surface area contributed by atoms with Crippen molar-refractivity contribution in [3.05, 3.63) is 46.0 Å². The predicted molar refractivity (Wildman–Crippen MR) is 60.1 cm³/mol. The molecule has 74 valence electrons. The Morgan fingerprint density at radius 1 is 1.29 bits per heavy atom. The molecule has 0 radical (unpaired) electrons. The maximum Gasteiger partial charge on any atom is 0.142 e. The molecule has 0 aliphatic rings. The van der Waals surface area contributed by atoms with Crippen LogP contribution < -0.4 is 0 Å². The summed E-state index contributed by atoms with van der Waals surface area (Å²) < 4.78 is 0. The second-order valence-corrected chi connectivity index (χ2v) is 3.80. The molecule has 0 heterocycles. The van der Waals surface area contributed by atoms with Gasteiger partial charge in [0.2, 0.25) is 0 Å². The molecule has 1 atom stereocenters. The lowest BCUT2D eigenvalue weighted by atomic mass is 10.0. The van der Waals surface area contributed by atoms with Gasteiger partial charge < -0.3 is 0 Å². The van der Waals surface area contributed by atoms with Crippen LogP contribution in [0.2, 0.25) is 10.0 Å². The van der Waals surface area contributed by atoms with Gasteiger partial charge in [0.1, 0.15) is 6.29 Å². The van der Waals surface area contributed by atoms with E-state index in [1.165, 1.54) is 6.08 Å². The zero-order valence-electron chi connectivity index (χ0n) is 7.71. The molecule has 0 amide bonds. The maximum atomic E-state index is 10.1. The lowest BCUT2D eigenvalue weighted by Crippen LogP contribution is -1.89. The molecular weight excluding hydrogens is 219 g/mol. The third-order valence-electron chi connectivity index (χ3n) is 1.95. The van der Waals surface area contributed by atoms with Gasteiger partial charge in [-0.05, 0) is 29.7 Å². The highest BCUT2D eigenvalue weighted by atomic mass is 35.5. The first-order valence-electron chi connectivity index (χ1n) is 4.22. The molecule has 1 rings (SSSR count). The summed E-state index contributed by atoms with van der Waals surface area (Å²) in [6.45, 7) is 1.99. The lowest BCUT2D eigenvalue weighted by Gasteiger charge is -2.07. The largest absolute Gasteiger partial charge is 0.299 e. The van der Waals surface area contributed by atoms with Crippen molar-refractivity contribution < 1.29 is 4.79 Å². The van der Waals surface area contributed by atoms with Crippen molar-refractivity contribution in [2.24, 2.45) is 0 Å². The summed E-state index contributed by atoms with van der Waals surface area (Å²) in [7, 11) is 0. The number of rotatable bonds is 3. The van der Waals surface area contributed by atoms with Gasteiger partial charge in [-0.25, -0.2) is 0 Å². The Labute approximate surface area is 93.3 Å². The molecule has 0 N–H and O–H groups in total. The Balaban J connectivity index is 2.90. The quantitative estimate of drug-likeness (QED) is 0.568. The minimum absolute atomic E-state index is 0.162. The summed E-state index contributed by atoms with van der Waals surface area (Å²) in [4.78, 5) is 10.1. The molecule has 0 aromatic heterocycles. The van der Waals surface area contributed by atoms with E-state index in [1.54, 1.807) is 6.07 Å². The highest BCUT2D eigenvalue weighted by Crippen LogP contribution is 2.26. The second kappa shape index (κ2) is 5.18. The first-order chi connectivity index (χ1) is 6.65. The average molecular weight is 229 g/mol. The van der Waals surface area contributed by atoms with E-state index in [4.69, 9.17) is 23.2 Å². The molecule has 1 nitrogen and oxygen atoms in total. The smallest absolute Gasteiger partial charge is 0.142 e. The molecule has 0 aliphatic heterocycles. The Bertz CT molecular complexity index is 358. The summed E-state index contributed by atoms with van der Waals surface area (Å²) >= 11 is 11.6. The van der Waals surface area contributed by atoms with E-state index in [0.717, 1.165) is 11.8 Å². The van der Waals surface area contributed by atoms with Crippen molar-refractivity contribution in [2.45, 2.75) is 12.8 Å². The SMILES string of the molecule is CC(C=CC=O)c1ccc(Cl)c(Cl)c1. The Morgan fingerprint density at radius 2 is 2.00 bits per heavy atom. The van der Waals surface area contributed by atoms with Crippen LogP contribution >= 0.6 is 23.2 Å². The molecule has 0 saturated carbocycles. The first kappa shape index (κ1) is 11.3. The number of hydrogen-bond donors (Lipinski definition) is 0. The minimum Gasteiger partial charge on any atom is -0.299 e. The highest BCUT2D eigenvalue weighted by molar-refractivity contribution is 6.42. The van der Waals surface area contributed by atoms with Crippen LogP contribution in [-0.2, 0) is 4.79 Å². The second-order valence-electron chi connectivity index (χ2n) is 2.98. The lowest BCUT2D eigenvalue weighted by molar-refractivity contribution is -0.104. The van der Waals surface area contributed by atoms with E-state index in [0.29, 0.717) is 10.0 Å². The van der Waals surface area contributed by atoms with Gasteiger partial charge in [-0.2, -0.15) is 0 Å². The van der Waals surface area contributed by atoms with Gasteiger partial charge >= 0.3 is 0 Å². The van der Waals surface area contributed by atoms with E-state index >= 15 is 0 Å². The predicted octanol–water partition coefficient (Wildman–Crippen LogP) is 3.85. The van der Waals surface area contributed by atoms with Crippen molar-refractivity contribution in [1.29, 1.82) is 0 Å². The molecule has 1 aromatic rings. The van der Waals surface area contributed by atoms with Gasteiger partial charge in [0.15, 0.2) is 0 Å². The van der Waals surface area contributed by atoms with Crippen LogP contribution in [0.25, 0.3) is 0 Å². The highest BCUT2D eigenvalue weighted by Gasteiger charge is 2.04. The zero-order chi connectivity index (χ0) is 10.6. The molecule has 0 spiro atoms. The number of carbonyl (C=O) groups is 1. The van der Waals surface area contributed by atoms with Gasteiger partial charge in [0.05, 0.1) is 10.0 Å². The normalized spacial score (nSPS) is 13.1. The van der Waals surface area contributed by atoms with Crippen LogP contribution in [0.3, 0.4) is 0 Å². The van der Waals surface area contributed by atoms with Crippen molar-refractivity contribution >= 4 is 29.5 Å². The van der Waals surface area contributed by atoms with Gasteiger partial charge in [0.25, 0.3) is 0 Å². The van der Waals surface area contributed by atoms with Crippen LogP contribution in [0, 0.1) is 0 Å². The minimum atomic E-state index is 0.162. The molecule has 1 unspecified atom stereocenters. The van der Waals surface area contributed by atoms with E-state index in [9.17, 15) is 4.79 Å². The van der Waals surface area contributed by atoms with Crippen LogP contribution in [0.1, 0.15) is 18.4 Å². The van der Waals surface area contributed by atoms with Crippen molar-refractivity contribution in [3.8, 4) is 0 Å². The summed E-state index contributed by atoms with van der Waals surface area (Å²) in [6.07, 6.45) is 4.05. The number of allylic oxidation sites excluding steroid dienone is 2. The van der Waals surface area contributed by atoms with E-state index in [2.05, 4.69) is 0 Å². The monoisotopic (exact) mass is 228 g/mol. The summed E-state index contributed by atoms with van der Waals surface area (Å²) in [5.41, 5.74) is 1.04. The number of benzene rings is 1. The van der Waals surface area contributed by atoms with Crippen molar-refractivity contribution in [3.63, 3.8) is 0 Å². The molecule has 0 bridgehead atoms. The van der Waals surface area contributed by atoms with E-state index < -0.39 is 0 Å². The molecule has 1 aromatic carbocycles. The van der Waals surface area contributed by atoms with Gasteiger partial charge in [0, 0.05) is 0 Å². The van der Waals surface area contributed by atoms with Crippen LogP contribution in [0.15, 0.2) is 30.4 Å². The fraction of sp³-hybridized carbons (Fsp3) is 0.182. The van der Waals surface area contributed by atoms with Crippen molar-refractivity contribution in [1.82, 2.24) is 0 Å². The molecule has 0 saturated heterocycles. The van der Waals surface area contributed by atoms with E-state index in [1.807, 2.05) is 25.1 Å². The van der Waals surface area contributed by atoms with Gasteiger partial charge in [-0.15, -0.1) is 0 Å². The number of hydrogen-bond acceptors (Lipinski definition) is 1. The van der Waals surface area contributed by atoms with Gasteiger partial charge in [-0.3, -0.25) is 4.79 Å². The molecule has 0 fully saturated rings. The van der Waals surface area contributed by atoms with Crippen LogP contribution in [0.4, 0.5) is 0 Å². The fourth-order valence-corrected chi connectivity index (χ4v) is 1.43. The number of carbonyl (C=O) groups excluding carboxylic acids is 1. The summed E-state index contributed by atoms with van der Waals surface area (Å²) in [5.74, 6) is 0.162. The summed E-state index contributed by atoms with van der Waals surface area (Å²) in [6, 6.07) is 5.46. The number of aldehydes is 1. The zero-order valence-corrected chi connectivity index (χ0v) is 9.22. The first-order valence-corrected chi connectivity index (χ1v) is 4.97. The third-order valence-corrected chi connectivity index (χ3v) is 2.69. The standard InChI is InChI=1S/C11H10Cl2O/c1-8(3-2-6-14)9-4-5-10(12)11(13)7-9/h2-8H,1H3. The Kier molecular flexibility index (Phi) is 4.18. The Morgan fingerprint density at radius 3 is 2.57 bits per heavy atom. The molecule has 0 aliphatic carbocycles. The average Bonchev–Trinajstić information content (AvgIpc) is 2.18. The van der Waals surface area contributed by atoms with E-state index in [-0.39, 0.29) is 5.92 Å². The summed E-state index contributed by atoms with van der Waals surface area (Å²) in [5, 5.41) is 1.08. The maximum absolute atomic E-state index is 10.1. The van der Waals surface area contributed by atoms with Crippen molar-refractivity contribution in [2.75, 3.05) is 0 Å². The molecule has 14 heavy (non-hydrogen) atoms. The Hall–Kier alpha value is -0.790. The van der Waals surface area contributed by atoms with Crippen LogP contribution in [0.5, 0.6) is 0 Å². The molecular formula is C11H10Cl2O. The molecule has 3 heteroatoms. The number of halogens is 2. The van der Waals surface area contributed by atoms with Gasteiger partial charge in [-0.1, -0.05) is 42.3 Å².